The molecule has 0 fully saturated rings. The van der Waals surface area contributed by atoms with Crippen molar-refractivity contribution in [2.75, 3.05) is 0 Å². The van der Waals surface area contributed by atoms with Gasteiger partial charge in [-0.25, -0.2) is 0 Å². The Labute approximate surface area is 57.8 Å². The third-order valence-electron chi connectivity index (χ3n) is 1.32. The molecular formula is C6H8N2O2. The van der Waals surface area contributed by atoms with Gasteiger partial charge in [0.05, 0.1) is 5.70 Å². The Balaban J connectivity index is 3.00. The molecular weight excluding hydrogens is 132 g/mol. The Bertz CT molecular complexity index is 230. The van der Waals surface area contributed by atoms with E-state index in [1.807, 2.05) is 0 Å². The molecule has 0 heterocycles. The van der Waals surface area contributed by atoms with E-state index in [1.54, 1.807) is 0 Å². The van der Waals surface area contributed by atoms with Crippen LogP contribution in [0, 0.1) is 0 Å². The van der Waals surface area contributed by atoms with Gasteiger partial charge in [-0.15, -0.1) is 0 Å². The van der Waals surface area contributed by atoms with Gasteiger partial charge >= 0.3 is 0 Å². The van der Waals surface area contributed by atoms with Crippen LogP contribution in [0.25, 0.3) is 0 Å². The minimum atomic E-state index is -0.905. The fourth-order valence-electron chi connectivity index (χ4n) is 0.674. The van der Waals surface area contributed by atoms with Crippen molar-refractivity contribution in [2.45, 2.75) is 6.10 Å². The predicted octanol–water partition coefficient (Wildman–Crippen LogP) is -1.38. The lowest BCUT2D eigenvalue weighted by molar-refractivity contribution is -0.111. The summed E-state index contributed by atoms with van der Waals surface area (Å²) in [5.41, 5.74) is 10.4. The number of carbonyl (C=O) groups excluding carboxylic acids is 1. The van der Waals surface area contributed by atoms with E-state index in [9.17, 15) is 4.79 Å². The molecule has 0 spiro atoms. The number of nitrogens with two attached hydrogens (primary N) is 2. The Morgan fingerprint density at radius 2 is 2.10 bits per heavy atom. The van der Waals surface area contributed by atoms with Crippen LogP contribution in [0.5, 0.6) is 0 Å². The van der Waals surface area contributed by atoms with E-state index in [0.717, 1.165) is 0 Å². The van der Waals surface area contributed by atoms with Gasteiger partial charge in [-0.3, -0.25) is 4.79 Å². The zero-order valence-corrected chi connectivity index (χ0v) is 5.24. The zero-order chi connectivity index (χ0) is 7.72. The van der Waals surface area contributed by atoms with E-state index in [0.29, 0.717) is 0 Å². The van der Waals surface area contributed by atoms with E-state index < -0.39 is 6.10 Å². The number of aliphatic hydroxyl groups excluding tert-OH is 1. The number of rotatable bonds is 0. The lowest BCUT2D eigenvalue weighted by atomic mass is 10.1. The molecule has 1 atom stereocenters. The fourth-order valence-corrected chi connectivity index (χ4v) is 0.674. The molecule has 1 aliphatic rings. The van der Waals surface area contributed by atoms with Gasteiger partial charge in [-0.2, -0.15) is 0 Å². The van der Waals surface area contributed by atoms with Crippen LogP contribution in [0.15, 0.2) is 23.5 Å². The summed E-state index contributed by atoms with van der Waals surface area (Å²) in [6.07, 6.45) is 1.60. The average Bonchev–Trinajstić information content (AvgIpc) is 1.93. The molecule has 0 amide bonds. The lowest BCUT2D eigenvalue weighted by Gasteiger charge is -2.12. The first-order chi connectivity index (χ1) is 4.63. The maximum Gasteiger partial charge on any atom is 0.203 e. The maximum atomic E-state index is 10.7. The lowest BCUT2D eigenvalue weighted by Crippen LogP contribution is -2.28. The van der Waals surface area contributed by atoms with Crippen LogP contribution < -0.4 is 11.5 Å². The summed E-state index contributed by atoms with van der Waals surface area (Å²) in [6.45, 7) is 0. The smallest absolute Gasteiger partial charge is 0.203 e. The Hall–Kier alpha value is -1.29. The summed E-state index contributed by atoms with van der Waals surface area (Å²) in [4.78, 5) is 10.7. The van der Waals surface area contributed by atoms with Gasteiger partial charge in [0, 0.05) is 0 Å². The number of allylic oxidation sites excluding steroid dienone is 1. The molecule has 0 saturated carbocycles. The highest BCUT2D eigenvalue weighted by atomic mass is 16.3. The Morgan fingerprint density at radius 3 is 2.60 bits per heavy atom. The second kappa shape index (κ2) is 2.15. The second-order valence-corrected chi connectivity index (χ2v) is 2.04. The molecule has 0 aliphatic heterocycles. The molecule has 1 rings (SSSR count). The van der Waals surface area contributed by atoms with Gasteiger partial charge in [0.2, 0.25) is 5.78 Å². The van der Waals surface area contributed by atoms with E-state index in [2.05, 4.69) is 0 Å². The average molecular weight is 140 g/mol. The SMILES string of the molecule is NC1=C(N)C(O)C=CC1=O. The van der Waals surface area contributed by atoms with Crippen LogP contribution in [0.4, 0.5) is 0 Å². The first-order valence-electron chi connectivity index (χ1n) is 2.78. The summed E-state index contributed by atoms with van der Waals surface area (Å²) in [6, 6.07) is 0. The minimum Gasteiger partial charge on any atom is -0.398 e. The zero-order valence-electron chi connectivity index (χ0n) is 5.24. The summed E-state index contributed by atoms with van der Waals surface area (Å²) in [7, 11) is 0. The minimum absolute atomic E-state index is 0.0347. The highest BCUT2D eigenvalue weighted by Gasteiger charge is 2.16. The molecule has 0 aromatic rings. The molecule has 4 heteroatoms. The summed E-state index contributed by atoms with van der Waals surface area (Å²) < 4.78 is 0. The van der Waals surface area contributed by atoms with Crippen LogP contribution in [0.2, 0.25) is 0 Å². The van der Waals surface area contributed by atoms with Crippen molar-refractivity contribution in [3.8, 4) is 0 Å². The van der Waals surface area contributed by atoms with Crippen molar-refractivity contribution in [1.82, 2.24) is 0 Å². The van der Waals surface area contributed by atoms with Crippen LogP contribution in [-0.4, -0.2) is 17.0 Å². The molecule has 1 aliphatic carbocycles. The van der Waals surface area contributed by atoms with Crippen molar-refractivity contribution in [2.24, 2.45) is 11.5 Å². The van der Waals surface area contributed by atoms with Gasteiger partial charge in [0.25, 0.3) is 0 Å². The first kappa shape index (κ1) is 6.82. The third-order valence-corrected chi connectivity index (χ3v) is 1.32. The molecule has 0 aromatic heterocycles. The molecule has 0 aromatic carbocycles. The van der Waals surface area contributed by atoms with Crippen molar-refractivity contribution < 1.29 is 9.90 Å². The van der Waals surface area contributed by atoms with E-state index in [4.69, 9.17) is 16.6 Å². The summed E-state index contributed by atoms with van der Waals surface area (Å²) in [5, 5.41) is 8.96. The number of hydrogen-bond donors (Lipinski definition) is 3. The highest BCUT2D eigenvalue weighted by molar-refractivity contribution is 6.04. The largest absolute Gasteiger partial charge is 0.398 e. The standard InChI is InChI=1S/C6H8N2O2/c7-5-3(9)1-2-4(10)6(5)8/h1-3,9H,7-8H2. The molecule has 10 heavy (non-hydrogen) atoms. The van der Waals surface area contributed by atoms with Crippen LogP contribution in [-0.2, 0) is 4.79 Å². The van der Waals surface area contributed by atoms with Crippen molar-refractivity contribution in [3.63, 3.8) is 0 Å². The molecule has 0 saturated heterocycles. The van der Waals surface area contributed by atoms with Gasteiger partial charge in [-0.1, -0.05) is 0 Å². The number of hydrogen-bond acceptors (Lipinski definition) is 4. The summed E-state index contributed by atoms with van der Waals surface area (Å²) in [5.74, 6) is -0.345. The highest BCUT2D eigenvalue weighted by Crippen LogP contribution is 2.07. The van der Waals surface area contributed by atoms with Crippen molar-refractivity contribution in [3.05, 3.63) is 23.5 Å². The van der Waals surface area contributed by atoms with Crippen LogP contribution in [0.1, 0.15) is 0 Å². The second-order valence-electron chi connectivity index (χ2n) is 2.04. The number of ketones is 1. The topological polar surface area (TPSA) is 89.3 Å². The number of carbonyl (C=O) groups is 1. The summed E-state index contributed by atoms with van der Waals surface area (Å²) >= 11 is 0. The first-order valence-corrected chi connectivity index (χ1v) is 2.78. The molecule has 0 radical (unpaired) electrons. The van der Waals surface area contributed by atoms with Gasteiger partial charge in [-0.05, 0) is 12.2 Å². The van der Waals surface area contributed by atoms with Crippen LogP contribution >= 0.6 is 0 Å². The van der Waals surface area contributed by atoms with Gasteiger partial charge in [0.15, 0.2) is 0 Å². The quantitative estimate of drug-likeness (QED) is 0.386. The Kier molecular flexibility index (Phi) is 1.47. The monoisotopic (exact) mass is 140 g/mol. The number of aliphatic hydroxyl groups is 1. The molecule has 1 unspecified atom stereocenters. The van der Waals surface area contributed by atoms with Crippen LogP contribution in [0.3, 0.4) is 0 Å². The van der Waals surface area contributed by atoms with Gasteiger partial charge < -0.3 is 16.6 Å². The van der Waals surface area contributed by atoms with Gasteiger partial charge in [0.1, 0.15) is 11.8 Å². The third kappa shape index (κ3) is 0.886. The fraction of sp³-hybridized carbons (Fsp3) is 0.167. The Morgan fingerprint density at radius 1 is 1.50 bits per heavy atom. The maximum absolute atomic E-state index is 10.7. The molecule has 54 valence electrons. The normalized spacial score (nSPS) is 25.7. The van der Waals surface area contributed by atoms with E-state index >= 15 is 0 Å². The molecule has 0 bridgehead atoms. The molecule has 5 N–H and O–H groups in total. The van der Waals surface area contributed by atoms with Crippen molar-refractivity contribution in [1.29, 1.82) is 0 Å². The molecule has 4 nitrogen and oxygen atoms in total. The van der Waals surface area contributed by atoms with E-state index in [1.165, 1.54) is 12.2 Å². The predicted molar refractivity (Wildman–Crippen MR) is 35.6 cm³/mol. The van der Waals surface area contributed by atoms with E-state index in [-0.39, 0.29) is 17.2 Å². The van der Waals surface area contributed by atoms with Crippen molar-refractivity contribution >= 4 is 5.78 Å².